The van der Waals surface area contributed by atoms with Crippen LogP contribution in [0.15, 0.2) is 42.5 Å². The molecule has 0 saturated carbocycles. The van der Waals surface area contributed by atoms with E-state index in [1.54, 1.807) is 11.8 Å². The van der Waals surface area contributed by atoms with Crippen LogP contribution in [0.4, 0.5) is 22.1 Å². The van der Waals surface area contributed by atoms with Gasteiger partial charge in [0.05, 0.1) is 28.9 Å². The Balaban J connectivity index is 1.67. The van der Waals surface area contributed by atoms with E-state index >= 15 is 0 Å². The molecule has 1 fully saturated rings. The zero-order valence-corrected chi connectivity index (χ0v) is 17.5. The Morgan fingerprint density at radius 2 is 1.75 bits per heavy atom. The zero-order chi connectivity index (χ0) is 22.7. The SMILES string of the molecule is CCOC(=O)N1CCN(c2nc3ccccc3nc2Nc2cc(C(=O)O)ccc2O)CC1. The van der Waals surface area contributed by atoms with Crippen LogP contribution in [0, 0.1) is 0 Å². The molecule has 2 aromatic carbocycles. The third-order valence-electron chi connectivity index (χ3n) is 5.15. The van der Waals surface area contributed by atoms with Gasteiger partial charge in [0, 0.05) is 26.2 Å². The van der Waals surface area contributed by atoms with E-state index in [0.29, 0.717) is 55.5 Å². The molecule has 0 atom stereocenters. The van der Waals surface area contributed by atoms with Crippen LogP contribution in [0.25, 0.3) is 11.0 Å². The van der Waals surface area contributed by atoms with Gasteiger partial charge in [0.1, 0.15) is 5.75 Å². The molecular formula is C22H23N5O5. The fraction of sp³-hybridized carbons (Fsp3) is 0.273. The van der Waals surface area contributed by atoms with Crippen molar-refractivity contribution in [3.63, 3.8) is 0 Å². The lowest BCUT2D eigenvalue weighted by Crippen LogP contribution is -2.49. The molecule has 0 spiro atoms. The van der Waals surface area contributed by atoms with Gasteiger partial charge in [-0.15, -0.1) is 0 Å². The number of amides is 1. The van der Waals surface area contributed by atoms with Crippen LogP contribution in [0.2, 0.25) is 0 Å². The highest BCUT2D eigenvalue weighted by Gasteiger charge is 2.25. The Bertz CT molecular complexity index is 1160. The van der Waals surface area contributed by atoms with Crippen molar-refractivity contribution in [3.8, 4) is 5.75 Å². The van der Waals surface area contributed by atoms with Gasteiger partial charge >= 0.3 is 12.1 Å². The number of carboxylic acids is 1. The first-order valence-electron chi connectivity index (χ1n) is 10.2. The minimum absolute atomic E-state index is 0.0312. The molecule has 166 valence electrons. The molecule has 2 heterocycles. The molecule has 10 heteroatoms. The van der Waals surface area contributed by atoms with Gasteiger partial charge in [-0.3, -0.25) is 0 Å². The van der Waals surface area contributed by atoms with Gasteiger partial charge in [-0.2, -0.15) is 0 Å². The monoisotopic (exact) mass is 437 g/mol. The first-order chi connectivity index (χ1) is 15.5. The molecular weight excluding hydrogens is 414 g/mol. The number of carbonyl (C=O) groups is 2. The fourth-order valence-corrected chi connectivity index (χ4v) is 3.51. The van der Waals surface area contributed by atoms with E-state index in [9.17, 15) is 19.8 Å². The highest BCUT2D eigenvalue weighted by Crippen LogP contribution is 2.32. The lowest BCUT2D eigenvalue weighted by atomic mass is 10.2. The maximum absolute atomic E-state index is 12.0. The number of carbonyl (C=O) groups excluding carboxylic acids is 1. The highest BCUT2D eigenvalue weighted by atomic mass is 16.6. The molecule has 10 nitrogen and oxygen atoms in total. The quantitative estimate of drug-likeness (QED) is 0.516. The van der Waals surface area contributed by atoms with Gasteiger partial charge < -0.3 is 30.1 Å². The normalized spacial score (nSPS) is 13.8. The van der Waals surface area contributed by atoms with Crippen LogP contribution >= 0.6 is 0 Å². The number of aromatic nitrogens is 2. The molecule has 4 rings (SSSR count). The highest BCUT2D eigenvalue weighted by molar-refractivity contribution is 5.90. The maximum Gasteiger partial charge on any atom is 0.409 e. The van der Waals surface area contributed by atoms with Gasteiger partial charge in [0.15, 0.2) is 11.6 Å². The van der Waals surface area contributed by atoms with Crippen molar-refractivity contribution >= 4 is 40.4 Å². The predicted molar refractivity (Wildman–Crippen MR) is 119 cm³/mol. The molecule has 32 heavy (non-hydrogen) atoms. The molecule has 3 N–H and O–H groups in total. The second kappa shape index (κ2) is 8.96. The van der Waals surface area contributed by atoms with Crippen LogP contribution in [-0.2, 0) is 4.74 Å². The number of aromatic carboxylic acids is 1. The minimum Gasteiger partial charge on any atom is -0.506 e. The number of hydrogen-bond acceptors (Lipinski definition) is 8. The Hall–Kier alpha value is -4.08. The van der Waals surface area contributed by atoms with E-state index in [0.717, 1.165) is 0 Å². The average molecular weight is 437 g/mol. The number of fused-ring (bicyclic) bond motifs is 1. The molecule has 1 aliphatic rings. The lowest BCUT2D eigenvalue weighted by molar-refractivity contribution is 0.0696. The summed E-state index contributed by atoms with van der Waals surface area (Å²) in [6.45, 7) is 4.05. The summed E-state index contributed by atoms with van der Waals surface area (Å²) in [5, 5.41) is 22.6. The second-order valence-electron chi connectivity index (χ2n) is 7.22. The molecule has 1 amide bonds. The summed E-state index contributed by atoms with van der Waals surface area (Å²) in [6, 6.07) is 11.4. The largest absolute Gasteiger partial charge is 0.506 e. The smallest absolute Gasteiger partial charge is 0.409 e. The van der Waals surface area contributed by atoms with Crippen molar-refractivity contribution in [2.75, 3.05) is 43.0 Å². The van der Waals surface area contributed by atoms with Crippen molar-refractivity contribution in [1.29, 1.82) is 0 Å². The van der Waals surface area contributed by atoms with Crippen molar-refractivity contribution < 1.29 is 24.5 Å². The number of ether oxygens (including phenoxy) is 1. The van der Waals surface area contributed by atoms with Gasteiger partial charge in [0.25, 0.3) is 0 Å². The number of anilines is 3. The number of rotatable bonds is 5. The number of phenolic OH excluding ortho intramolecular Hbond substituents is 1. The van der Waals surface area contributed by atoms with Crippen molar-refractivity contribution in [2.45, 2.75) is 6.92 Å². The Morgan fingerprint density at radius 3 is 2.41 bits per heavy atom. The Morgan fingerprint density at radius 1 is 1.06 bits per heavy atom. The number of nitrogens with one attached hydrogen (secondary N) is 1. The third kappa shape index (κ3) is 4.34. The summed E-state index contributed by atoms with van der Waals surface area (Å²) in [5.41, 5.74) is 1.59. The summed E-state index contributed by atoms with van der Waals surface area (Å²) >= 11 is 0. The number of piperazine rings is 1. The number of nitrogens with zero attached hydrogens (tertiary/aromatic N) is 4. The van der Waals surface area contributed by atoms with E-state index in [1.165, 1.54) is 18.2 Å². The van der Waals surface area contributed by atoms with Gasteiger partial charge in [-0.1, -0.05) is 12.1 Å². The maximum atomic E-state index is 12.0. The van der Waals surface area contributed by atoms with Crippen molar-refractivity contribution in [1.82, 2.24) is 14.9 Å². The molecule has 0 unspecified atom stereocenters. The Labute approximate surface area is 184 Å². The summed E-state index contributed by atoms with van der Waals surface area (Å²) in [6.07, 6.45) is -0.342. The van der Waals surface area contributed by atoms with Crippen LogP contribution in [-0.4, -0.2) is 69.9 Å². The average Bonchev–Trinajstić information content (AvgIpc) is 2.80. The number of benzene rings is 2. The Kier molecular flexibility index (Phi) is 5.93. The van der Waals surface area contributed by atoms with Crippen LogP contribution < -0.4 is 10.2 Å². The van der Waals surface area contributed by atoms with E-state index < -0.39 is 5.97 Å². The third-order valence-corrected chi connectivity index (χ3v) is 5.15. The summed E-state index contributed by atoms with van der Waals surface area (Å²) < 4.78 is 5.08. The van der Waals surface area contributed by atoms with Crippen LogP contribution in [0.3, 0.4) is 0 Å². The van der Waals surface area contributed by atoms with Gasteiger partial charge in [-0.05, 0) is 37.3 Å². The van der Waals surface area contributed by atoms with E-state index in [-0.39, 0.29) is 23.1 Å². The zero-order valence-electron chi connectivity index (χ0n) is 17.5. The molecule has 3 aromatic rings. The van der Waals surface area contributed by atoms with E-state index in [4.69, 9.17) is 9.72 Å². The van der Waals surface area contributed by atoms with Gasteiger partial charge in [-0.25, -0.2) is 19.6 Å². The summed E-state index contributed by atoms with van der Waals surface area (Å²) in [7, 11) is 0. The van der Waals surface area contributed by atoms with E-state index in [1.807, 2.05) is 29.2 Å². The van der Waals surface area contributed by atoms with E-state index in [2.05, 4.69) is 10.3 Å². The van der Waals surface area contributed by atoms with Crippen LogP contribution in [0.5, 0.6) is 5.75 Å². The predicted octanol–water partition coefficient (Wildman–Crippen LogP) is 3.06. The first kappa shape index (κ1) is 21.2. The molecule has 0 radical (unpaired) electrons. The molecule has 0 aliphatic carbocycles. The molecule has 0 bridgehead atoms. The first-order valence-corrected chi connectivity index (χ1v) is 10.2. The van der Waals surface area contributed by atoms with Gasteiger partial charge in [0.2, 0.25) is 0 Å². The number of para-hydroxylation sites is 2. The second-order valence-corrected chi connectivity index (χ2v) is 7.22. The number of carboxylic acid groups (broad SMARTS) is 1. The summed E-state index contributed by atoms with van der Waals surface area (Å²) in [4.78, 5) is 36.4. The molecule has 1 aliphatic heterocycles. The fourth-order valence-electron chi connectivity index (χ4n) is 3.51. The van der Waals surface area contributed by atoms with Crippen LogP contribution in [0.1, 0.15) is 17.3 Å². The van der Waals surface area contributed by atoms with Crippen molar-refractivity contribution in [2.24, 2.45) is 0 Å². The number of hydrogen-bond donors (Lipinski definition) is 3. The topological polar surface area (TPSA) is 128 Å². The number of phenols is 1. The summed E-state index contributed by atoms with van der Waals surface area (Å²) in [5.74, 6) is -0.283. The molecule has 1 saturated heterocycles. The lowest BCUT2D eigenvalue weighted by Gasteiger charge is -2.35. The van der Waals surface area contributed by atoms with Crippen molar-refractivity contribution in [3.05, 3.63) is 48.0 Å². The standard InChI is InChI=1S/C22H23N5O5/c1-2-32-22(31)27-11-9-26(10-12-27)20-19(23-15-5-3-4-6-16(15)25-20)24-17-13-14(21(29)30)7-8-18(17)28/h3-8,13,28H,2,9-12H2,1H3,(H,23,24)(H,29,30). The molecule has 1 aromatic heterocycles. The number of aromatic hydroxyl groups is 1. The minimum atomic E-state index is -1.10.